The van der Waals surface area contributed by atoms with Crippen molar-refractivity contribution < 1.29 is 4.79 Å². The van der Waals surface area contributed by atoms with Crippen LogP contribution in [0.3, 0.4) is 0 Å². The van der Waals surface area contributed by atoms with E-state index in [4.69, 9.17) is 11.6 Å². The number of aryl methyl sites for hydroxylation is 1. The van der Waals surface area contributed by atoms with Crippen molar-refractivity contribution in [3.8, 4) is 0 Å². The molecule has 0 aliphatic rings. The maximum Gasteiger partial charge on any atom is 0.259 e. The van der Waals surface area contributed by atoms with Gasteiger partial charge in [-0.25, -0.2) is 4.98 Å². The van der Waals surface area contributed by atoms with Crippen LogP contribution in [0.2, 0.25) is 5.02 Å². The zero-order chi connectivity index (χ0) is 15.4. The number of carbonyl (C=O) groups excluding carboxylic acids is 1. The summed E-state index contributed by atoms with van der Waals surface area (Å²) >= 11 is 6.12. The molecular formula is C16H18ClN3O. The van der Waals surface area contributed by atoms with Crippen LogP contribution in [0.15, 0.2) is 36.5 Å². The summed E-state index contributed by atoms with van der Waals surface area (Å²) in [5, 5.41) is 3.43. The van der Waals surface area contributed by atoms with Crippen LogP contribution in [-0.4, -0.2) is 24.5 Å². The van der Waals surface area contributed by atoms with Crippen LogP contribution in [0.25, 0.3) is 0 Å². The summed E-state index contributed by atoms with van der Waals surface area (Å²) < 4.78 is 0. The number of halogens is 1. The Morgan fingerprint density at radius 1 is 1.38 bits per heavy atom. The lowest BCUT2D eigenvalue weighted by molar-refractivity contribution is 0.0993. The molecule has 0 radical (unpaired) electrons. The zero-order valence-electron chi connectivity index (χ0n) is 12.4. The molecule has 0 bridgehead atoms. The molecule has 0 aliphatic carbocycles. The van der Waals surface area contributed by atoms with Gasteiger partial charge in [0.2, 0.25) is 0 Å². The van der Waals surface area contributed by atoms with Crippen LogP contribution in [0, 0.1) is 6.92 Å². The average molecular weight is 304 g/mol. The molecule has 0 saturated heterocycles. The van der Waals surface area contributed by atoms with E-state index in [0.29, 0.717) is 16.4 Å². The zero-order valence-corrected chi connectivity index (χ0v) is 13.1. The summed E-state index contributed by atoms with van der Waals surface area (Å²) in [6.45, 7) is 4.69. The standard InChI is InChI=1S/C16H18ClN3O/c1-4-18-15-9-13(14(17)10-19-15)16(21)20(3)12-7-5-6-11(2)8-12/h5-10H,4H2,1-3H3,(H,18,19). The third-order valence-electron chi connectivity index (χ3n) is 3.14. The molecule has 0 aliphatic heterocycles. The highest BCUT2D eigenvalue weighted by Crippen LogP contribution is 2.23. The largest absolute Gasteiger partial charge is 0.370 e. The molecule has 0 fully saturated rings. The van der Waals surface area contributed by atoms with Crippen molar-refractivity contribution >= 4 is 29.0 Å². The Kier molecular flexibility index (Phi) is 4.81. The molecule has 1 aromatic heterocycles. The smallest absolute Gasteiger partial charge is 0.259 e. The van der Waals surface area contributed by atoms with Gasteiger partial charge in [0.1, 0.15) is 5.82 Å². The first-order valence-electron chi connectivity index (χ1n) is 6.77. The molecule has 0 saturated carbocycles. The third kappa shape index (κ3) is 3.52. The van der Waals surface area contributed by atoms with Gasteiger partial charge >= 0.3 is 0 Å². The van der Waals surface area contributed by atoms with Crippen molar-refractivity contribution in [1.29, 1.82) is 0 Å². The Morgan fingerprint density at radius 3 is 2.81 bits per heavy atom. The van der Waals surface area contributed by atoms with Crippen molar-refractivity contribution in [2.24, 2.45) is 0 Å². The van der Waals surface area contributed by atoms with E-state index < -0.39 is 0 Å². The third-order valence-corrected chi connectivity index (χ3v) is 3.44. The van der Waals surface area contributed by atoms with Gasteiger partial charge in [-0.05, 0) is 37.6 Å². The molecule has 110 valence electrons. The van der Waals surface area contributed by atoms with E-state index in [-0.39, 0.29) is 5.91 Å². The lowest BCUT2D eigenvalue weighted by Crippen LogP contribution is -2.26. The molecule has 1 aromatic carbocycles. The number of hydrogen-bond acceptors (Lipinski definition) is 3. The van der Waals surface area contributed by atoms with Crippen LogP contribution in [0.1, 0.15) is 22.8 Å². The summed E-state index contributed by atoms with van der Waals surface area (Å²) in [7, 11) is 1.74. The van der Waals surface area contributed by atoms with Gasteiger partial charge in [-0.3, -0.25) is 4.79 Å². The summed E-state index contributed by atoms with van der Waals surface area (Å²) in [6.07, 6.45) is 1.50. The predicted octanol–water partition coefficient (Wildman–Crippen LogP) is 3.75. The Bertz CT molecular complexity index is 658. The normalized spacial score (nSPS) is 10.3. The van der Waals surface area contributed by atoms with E-state index in [1.807, 2.05) is 38.1 Å². The number of nitrogens with zero attached hydrogens (tertiary/aromatic N) is 2. The average Bonchev–Trinajstić information content (AvgIpc) is 2.48. The van der Waals surface area contributed by atoms with Crippen LogP contribution >= 0.6 is 11.6 Å². The second kappa shape index (κ2) is 6.59. The lowest BCUT2D eigenvalue weighted by Gasteiger charge is -2.19. The van der Waals surface area contributed by atoms with Gasteiger partial charge in [0.25, 0.3) is 5.91 Å². The highest BCUT2D eigenvalue weighted by Gasteiger charge is 2.17. The molecule has 0 atom stereocenters. The van der Waals surface area contributed by atoms with Crippen molar-refractivity contribution in [3.63, 3.8) is 0 Å². The number of pyridine rings is 1. The van der Waals surface area contributed by atoms with E-state index in [2.05, 4.69) is 10.3 Å². The molecule has 0 spiro atoms. The van der Waals surface area contributed by atoms with Gasteiger partial charge in [0.05, 0.1) is 10.6 Å². The van der Waals surface area contributed by atoms with Gasteiger partial charge in [0, 0.05) is 25.5 Å². The van der Waals surface area contributed by atoms with Gasteiger partial charge < -0.3 is 10.2 Å². The first-order valence-corrected chi connectivity index (χ1v) is 7.15. The number of anilines is 2. The fourth-order valence-electron chi connectivity index (χ4n) is 2.01. The number of nitrogens with one attached hydrogen (secondary N) is 1. The summed E-state index contributed by atoms with van der Waals surface area (Å²) in [4.78, 5) is 18.4. The van der Waals surface area contributed by atoms with Gasteiger partial charge in [-0.15, -0.1) is 0 Å². The molecule has 1 amide bonds. The van der Waals surface area contributed by atoms with Crippen molar-refractivity contribution in [1.82, 2.24) is 4.98 Å². The molecule has 2 rings (SSSR count). The minimum atomic E-state index is -0.160. The Hall–Kier alpha value is -2.07. The molecule has 1 heterocycles. The number of benzene rings is 1. The minimum absolute atomic E-state index is 0.160. The number of amides is 1. The first-order chi connectivity index (χ1) is 10.0. The number of rotatable bonds is 4. The highest BCUT2D eigenvalue weighted by atomic mass is 35.5. The quantitative estimate of drug-likeness (QED) is 0.935. The van der Waals surface area contributed by atoms with E-state index >= 15 is 0 Å². The fraction of sp³-hybridized carbons (Fsp3) is 0.250. The molecular weight excluding hydrogens is 286 g/mol. The first kappa shape index (κ1) is 15.3. The summed E-state index contributed by atoms with van der Waals surface area (Å²) in [5.74, 6) is 0.482. The number of carbonyl (C=O) groups is 1. The Labute approximate surface area is 129 Å². The second-order valence-electron chi connectivity index (χ2n) is 4.78. The van der Waals surface area contributed by atoms with Crippen molar-refractivity contribution in [2.75, 3.05) is 23.8 Å². The fourth-order valence-corrected chi connectivity index (χ4v) is 2.20. The van der Waals surface area contributed by atoms with Crippen molar-refractivity contribution in [3.05, 3.63) is 52.7 Å². The second-order valence-corrected chi connectivity index (χ2v) is 5.19. The predicted molar refractivity (Wildman–Crippen MR) is 87.3 cm³/mol. The van der Waals surface area contributed by atoms with Crippen molar-refractivity contribution in [2.45, 2.75) is 13.8 Å². The van der Waals surface area contributed by atoms with E-state index in [1.54, 1.807) is 18.0 Å². The number of hydrogen-bond donors (Lipinski definition) is 1. The lowest BCUT2D eigenvalue weighted by atomic mass is 10.2. The maximum atomic E-state index is 12.6. The van der Waals surface area contributed by atoms with Crippen LogP contribution < -0.4 is 10.2 Å². The SMILES string of the molecule is CCNc1cc(C(=O)N(C)c2cccc(C)c2)c(Cl)cn1. The molecule has 2 aromatic rings. The van der Waals surface area contributed by atoms with Crippen LogP contribution in [0.5, 0.6) is 0 Å². The van der Waals surface area contributed by atoms with E-state index in [9.17, 15) is 4.79 Å². The van der Waals surface area contributed by atoms with Crippen LogP contribution in [-0.2, 0) is 0 Å². The maximum absolute atomic E-state index is 12.6. The van der Waals surface area contributed by atoms with Gasteiger partial charge in [-0.2, -0.15) is 0 Å². The topological polar surface area (TPSA) is 45.2 Å². The molecule has 5 heteroatoms. The monoisotopic (exact) mass is 303 g/mol. The minimum Gasteiger partial charge on any atom is -0.370 e. The van der Waals surface area contributed by atoms with E-state index in [1.165, 1.54) is 6.20 Å². The molecule has 21 heavy (non-hydrogen) atoms. The molecule has 0 unspecified atom stereocenters. The van der Waals surface area contributed by atoms with Gasteiger partial charge in [-0.1, -0.05) is 23.7 Å². The Morgan fingerprint density at radius 2 is 2.14 bits per heavy atom. The highest BCUT2D eigenvalue weighted by molar-refractivity contribution is 6.34. The van der Waals surface area contributed by atoms with Crippen LogP contribution in [0.4, 0.5) is 11.5 Å². The summed E-state index contributed by atoms with van der Waals surface area (Å²) in [6, 6.07) is 9.45. The van der Waals surface area contributed by atoms with Gasteiger partial charge in [0.15, 0.2) is 0 Å². The Balaban J connectivity index is 2.32. The number of aromatic nitrogens is 1. The molecule has 4 nitrogen and oxygen atoms in total. The van der Waals surface area contributed by atoms with E-state index in [0.717, 1.165) is 17.8 Å². The molecule has 1 N–H and O–H groups in total. The summed E-state index contributed by atoms with van der Waals surface area (Å²) in [5.41, 5.74) is 2.37.